The summed E-state index contributed by atoms with van der Waals surface area (Å²) >= 11 is 0. The summed E-state index contributed by atoms with van der Waals surface area (Å²) in [5.74, 6) is -0.393. The van der Waals surface area contributed by atoms with Crippen LogP contribution < -0.4 is 0 Å². The lowest BCUT2D eigenvalue weighted by Gasteiger charge is -2.07. The minimum absolute atomic E-state index is 0.00315. The molecule has 0 radical (unpaired) electrons. The van der Waals surface area contributed by atoms with Gasteiger partial charge in [0, 0.05) is 26.4 Å². The first kappa shape index (κ1) is 35.8. The summed E-state index contributed by atoms with van der Waals surface area (Å²) in [4.78, 5) is 18.4. The Bertz CT molecular complexity index is 855. The van der Waals surface area contributed by atoms with E-state index in [-0.39, 0.29) is 13.2 Å². The number of hydrogen-bond acceptors (Lipinski definition) is 6. The van der Waals surface area contributed by atoms with Crippen LogP contribution in [0.5, 0.6) is 0 Å². The summed E-state index contributed by atoms with van der Waals surface area (Å²) in [7, 11) is 1.47. The van der Waals surface area contributed by atoms with Crippen LogP contribution in [0.4, 0.5) is 0 Å². The average molecular weight is 511 g/mol. The highest BCUT2D eigenvalue weighted by atomic mass is 16.5. The van der Waals surface area contributed by atoms with Crippen LogP contribution in [-0.2, 0) is 14.3 Å². The lowest BCUT2D eigenvalue weighted by atomic mass is 10.1. The third-order valence-corrected chi connectivity index (χ3v) is 3.87. The van der Waals surface area contributed by atoms with Gasteiger partial charge in [0.05, 0.1) is 17.6 Å². The van der Waals surface area contributed by atoms with Crippen LogP contribution in [0.25, 0.3) is 21.8 Å². The summed E-state index contributed by atoms with van der Waals surface area (Å²) in [5, 5.41) is 11.5. The second kappa shape index (κ2) is 25.7. The third-order valence-electron chi connectivity index (χ3n) is 3.87. The second-order valence-electron chi connectivity index (χ2n) is 7.01. The van der Waals surface area contributed by atoms with E-state index < -0.39 is 12.1 Å². The number of para-hydroxylation sites is 2. The molecule has 0 fully saturated rings. The number of aliphatic hydroxyl groups is 1. The van der Waals surface area contributed by atoms with Crippen molar-refractivity contribution in [2.24, 2.45) is 0 Å². The maximum absolute atomic E-state index is 10.2. The number of benzene rings is 3. The number of esters is 1. The van der Waals surface area contributed by atoms with Crippen LogP contribution in [0.2, 0.25) is 0 Å². The van der Waals surface area contributed by atoms with E-state index in [1.807, 2.05) is 52.0 Å². The molecule has 4 aromatic rings. The van der Waals surface area contributed by atoms with E-state index in [0.717, 1.165) is 11.0 Å². The van der Waals surface area contributed by atoms with Crippen molar-refractivity contribution in [1.29, 1.82) is 0 Å². The number of carbonyl (C=O) groups excluding carboxylic acids is 1. The molecule has 4 rings (SSSR count). The molecule has 1 aromatic heterocycles. The first-order valence-electron chi connectivity index (χ1n) is 12.9. The minimum atomic E-state index is -0.714. The van der Waals surface area contributed by atoms with Gasteiger partial charge >= 0.3 is 5.97 Å². The van der Waals surface area contributed by atoms with E-state index in [0.29, 0.717) is 0 Å². The number of aromatic nitrogens is 2. The summed E-state index contributed by atoms with van der Waals surface area (Å²) in [5.41, 5.74) is 1.90. The van der Waals surface area contributed by atoms with Gasteiger partial charge in [-0.1, -0.05) is 109 Å². The zero-order chi connectivity index (χ0) is 28.3. The number of rotatable bonds is 4. The zero-order valence-corrected chi connectivity index (χ0v) is 23.8. The molecule has 6 heteroatoms. The zero-order valence-electron chi connectivity index (χ0n) is 23.8. The van der Waals surface area contributed by atoms with Gasteiger partial charge in [-0.2, -0.15) is 0 Å². The number of carbonyl (C=O) groups is 1. The van der Waals surface area contributed by atoms with E-state index in [1.54, 1.807) is 12.4 Å². The number of ether oxygens (including phenoxy) is 2. The highest BCUT2D eigenvalue weighted by molar-refractivity contribution is 5.82. The van der Waals surface area contributed by atoms with E-state index in [1.165, 1.54) is 31.2 Å². The van der Waals surface area contributed by atoms with Crippen LogP contribution in [0.3, 0.4) is 0 Å². The summed E-state index contributed by atoms with van der Waals surface area (Å²) in [6.07, 6.45) is 3.93. The summed E-state index contributed by atoms with van der Waals surface area (Å²) < 4.78 is 9.08. The number of aliphatic hydroxyl groups excluding tert-OH is 1. The van der Waals surface area contributed by atoms with Crippen molar-refractivity contribution < 1.29 is 19.4 Å². The summed E-state index contributed by atoms with van der Waals surface area (Å²) in [6, 6.07) is 24.5. The fourth-order valence-corrected chi connectivity index (χ4v) is 2.50. The molecule has 1 atom stereocenters. The molecule has 0 bridgehead atoms. The van der Waals surface area contributed by atoms with Crippen LogP contribution in [0, 0.1) is 0 Å². The molecule has 0 aliphatic carbocycles. The first-order valence-corrected chi connectivity index (χ1v) is 12.9. The molecule has 0 spiro atoms. The maximum Gasteiger partial charge on any atom is 0.302 e. The van der Waals surface area contributed by atoms with E-state index in [4.69, 9.17) is 5.11 Å². The predicted molar refractivity (Wildman–Crippen MR) is 157 cm³/mol. The van der Waals surface area contributed by atoms with Gasteiger partial charge in [0.1, 0.15) is 12.7 Å². The Morgan fingerprint density at radius 3 is 1.43 bits per heavy atom. The quantitative estimate of drug-likeness (QED) is 0.286. The molecule has 3 aromatic carbocycles. The van der Waals surface area contributed by atoms with Crippen molar-refractivity contribution in [2.45, 2.75) is 61.0 Å². The molecule has 0 saturated heterocycles. The average Bonchev–Trinajstić information content (AvgIpc) is 2.95. The van der Waals surface area contributed by atoms with Gasteiger partial charge in [0.15, 0.2) is 0 Å². The SMILES string of the molecule is CC.CC.CCC.COCC(O)COC(C)=O.c1ccc2ccccc2c1.c1ccc2nccnc2c1. The largest absolute Gasteiger partial charge is 0.463 e. The molecule has 1 N–H and O–H groups in total. The van der Waals surface area contributed by atoms with Crippen molar-refractivity contribution >= 4 is 27.8 Å². The lowest BCUT2D eigenvalue weighted by Crippen LogP contribution is -2.22. The predicted octanol–water partition coefficient (Wildman–Crippen LogP) is 7.50. The van der Waals surface area contributed by atoms with Crippen molar-refractivity contribution in [3.63, 3.8) is 0 Å². The minimum Gasteiger partial charge on any atom is -0.463 e. The van der Waals surface area contributed by atoms with Crippen LogP contribution in [-0.4, -0.2) is 47.5 Å². The van der Waals surface area contributed by atoms with Gasteiger partial charge in [-0.3, -0.25) is 14.8 Å². The Morgan fingerprint density at radius 2 is 1.11 bits per heavy atom. The summed E-state index contributed by atoms with van der Waals surface area (Å²) in [6.45, 7) is 13.7. The van der Waals surface area contributed by atoms with Crippen molar-refractivity contribution in [3.8, 4) is 0 Å². The standard InChI is InChI=1S/C10H8.C8H6N2.C6H12O4.C3H8.2C2H6/c1-2-6-10-8-4-3-7-9(10)5-1;1-2-4-8-7(3-1)9-5-6-10-8;1-5(7)10-4-6(8)3-9-2;1-3-2;2*1-2/h1-8H;1-6H;6,8H,3-4H2,1-2H3;3H2,1-2H3;2*1-2H3. The molecular weight excluding hydrogens is 464 g/mol. The van der Waals surface area contributed by atoms with Gasteiger partial charge in [0.25, 0.3) is 0 Å². The second-order valence-corrected chi connectivity index (χ2v) is 7.01. The highest BCUT2D eigenvalue weighted by Gasteiger charge is 2.04. The number of fused-ring (bicyclic) bond motifs is 2. The van der Waals surface area contributed by atoms with Crippen molar-refractivity contribution in [1.82, 2.24) is 9.97 Å². The Hall–Kier alpha value is -3.35. The smallest absolute Gasteiger partial charge is 0.302 e. The van der Waals surface area contributed by atoms with E-state index >= 15 is 0 Å². The molecule has 0 amide bonds. The Labute approximate surface area is 223 Å². The fraction of sp³-hybridized carbons (Fsp3) is 0.387. The lowest BCUT2D eigenvalue weighted by molar-refractivity contribution is -0.144. The maximum atomic E-state index is 10.2. The molecule has 0 saturated carbocycles. The number of methoxy groups -OCH3 is 1. The van der Waals surface area contributed by atoms with Gasteiger partial charge in [-0.25, -0.2) is 0 Å². The van der Waals surface area contributed by atoms with Gasteiger partial charge < -0.3 is 14.6 Å². The molecule has 0 aliphatic heterocycles. The fourth-order valence-electron chi connectivity index (χ4n) is 2.50. The highest BCUT2D eigenvalue weighted by Crippen LogP contribution is 2.11. The van der Waals surface area contributed by atoms with E-state index in [9.17, 15) is 4.79 Å². The van der Waals surface area contributed by atoms with Crippen LogP contribution >= 0.6 is 0 Å². The number of hydrogen-bond donors (Lipinski definition) is 1. The first-order chi connectivity index (χ1) is 18.0. The molecule has 204 valence electrons. The monoisotopic (exact) mass is 510 g/mol. The number of nitrogens with zero attached hydrogens (tertiary/aromatic N) is 2. The van der Waals surface area contributed by atoms with Gasteiger partial charge in [0.2, 0.25) is 0 Å². The Balaban J connectivity index is 0. The van der Waals surface area contributed by atoms with Crippen LogP contribution in [0.1, 0.15) is 54.9 Å². The molecular formula is C31H46N2O4. The van der Waals surface area contributed by atoms with Gasteiger partial charge in [-0.05, 0) is 22.9 Å². The van der Waals surface area contributed by atoms with Crippen molar-refractivity contribution in [3.05, 3.63) is 85.2 Å². The molecule has 37 heavy (non-hydrogen) atoms. The van der Waals surface area contributed by atoms with Crippen molar-refractivity contribution in [2.75, 3.05) is 20.3 Å². The molecule has 6 nitrogen and oxygen atoms in total. The third kappa shape index (κ3) is 18.6. The topological polar surface area (TPSA) is 81.5 Å². The van der Waals surface area contributed by atoms with E-state index in [2.05, 4.69) is 81.8 Å². The van der Waals surface area contributed by atoms with Crippen LogP contribution in [0.15, 0.2) is 85.2 Å². The Kier molecular flexibility index (Phi) is 24.9. The molecule has 1 heterocycles. The van der Waals surface area contributed by atoms with Gasteiger partial charge in [-0.15, -0.1) is 0 Å². The molecule has 0 aliphatic rings. The molecule has 1 unspecified atom stereocenters. The normalized spacial score (nSPS) is 9.65. The Morgan fingerprint density at radius 1 is 0.757 bits per heavy atom.